The number of carbonyl (C=O) groups excluding carboxylic acids is 1. The lowest BCUT2D eigenvalue weighted by Crippen LogP contribution is -2.63. The van der Waals surface area contributed by atoms with Gasteiger partial charge in [-0.15, -0.1) is 0 Å². The van der Waals surface area contributed by atoms with Gasteiger partial charge >= 0.3 is 0 Å². The Hall–Kier alpha value is -2.13. The Morgan fingerprint density at radius 1 is 1.05 bits per heavy atom. The van der Waals surface area contributed by atoms with Crippen LogP contribution in [0.4, 0.5) is 5.69 Å². The van der Waals surface area contributed by atoms with E-state index in [2.05, 4.69) is 50.2 Å². The van der Waals surface area contributed by atoms with Crippen LogP contribution >= 0.6 is 0 Å². The molecule has 1 fully saturated rings. The number of nitrogens with two attached hydrogens (primary N) is 1. The summed E-state index contributed by atoms with van der Waals surface area (Å²) in [6.07, 6.45) is 0.995. The number of nitrogens with zero attached hydrogens (tertiary/aromatic N) is 1. The summed E-state index contributed by atoms with van der Waals surface area (Å²) in [5.74, 6) is -0.00942. The average molecular weight is 280 g/mol. The van der Waals surface area contributed by atoms with E-state index in [0.717, 1.165) is 17.7 Å². The first kappa shape index (κ1) is 13.8. The van der Waals surface area contributed by atoms with Crippen molar-refractivity contribution in [3.8, 4) is 0 Å². The van der Waals surface area contributed by atoms with Crippen LogP contribution in [0.3, 0.4) is 0 Å². The number of amides is 1. The van der Waals surface area contributed by atoms with Crippen molar-refractivity contribution in [2.75, 3.05) is 4.90 Å². The minimum Gasteiger partial charge on any atom is -0.318 e. The van der Waals surface area contributed by atoms with Crippen molar-refractivity contribution >= 4 is 11.6 Å². The highest BCUT2D eigenvalue weighted by atomic mass is 16.2. The maximum absolute atomic E-state index is 12.2. The van der Waals surface area contributed by atoms with Crippen molar-refractivity contribution in [1.82, 2.24) is 0 Å². The minimum absolute atomic E-state index is 0.00942. The fraction of sp³-hybridized carbons (Fsp3) is 0.278. The van der Waals surface area contributed by atoms with Crippen molar-refractivity contribution in [2.24, 2.45) is 5.73 Å². The van der Waals surface area contributed by atoms with Crippen LogP contribution in [-0.2, 0) is 11.2 Å². The van der Waals surface area contributed by atoms with Crippen molar-refractivity contribution in [3.63, 3.8) is 0 Å². The molecular formula is C18H20N2O. The molecule has 0 aliphatic carbocycles. The monoisotopic (exact) mass is 280 g/mol. The van der Waals surface area contributed by atoms with Gasteiger partial charge in [-0.25, -0.2) is 0 Å². The topological polar surface area (TPSA) is 46.3 Å². The van der Waals surface area contributed by atoms with Gasteiger partial charge in [0.15, 0.2) is 0 Å². The quantitative estimate of drug-likeness (QED) is 0.879. The Morgan fingerprint density at radius 3 is 2.24 bits per heavy atom. The van der Waals surface area contributed by atoms with Crippen LogP contribution in [0.1, 0.15) is 29.7 Å². The van der Waals surface area contributed by atoms with Gasteiger partial charge in [-0.1, -0.05) is 48.9 Å². The van der Waals surface area contributed by atoms with Gasteiger partial charge in [0.2, 0.25) is 5.91 Å². The number of benzene rings is 2. The Labute approximate surface area is 125 Å². The average Bonchev–Trinajstić information content (AvgIpc) is 2.53. The standard InChI is InChI=1S/C18H20N2O/c1-3-13-6-10-15(11-7-13)20-17(16(19)18(20)21)14-8-4-12(2)5-9-14/h4-11,16-17H,3,19H2,1-2H3/t16-,17+/m1/s1. The molecular weight excluding hydrogens is 260 g/mol. The van der Waals surface area contributed by atoms with Crippen LogP contribution in [0.25, 0.3) is 0 Å². The smallest absolute Gasteiger partial charge is 0.247 e. The summed E-state index contributed by atoms with van der Waals surface area (Å²) in [4.78, 5) is 14.0. The molecule has 0 aromatic heterocycles. The van der Waals surface area contributed by atoms with Gasteiger partial charge in [0, 0.05) is 5.69 Å². The second-order valence-electron chi connectivity index (χ2n) is 5.61. The van der Waals surface area contributed by atoms with Gasteiger partial charge in [0.25, 0.3) is 0 Å². The molecule has 3 heteroatoms. The zero-order valence-corrected chi connectivity index (χ0v) is 12.4. The lowest BCUT2D eigenvalue weighted by atomic mass is 9.88. The number of β-lactam (4-membered cyclic amide) rings is 1. The van der Waals surface area contributed by atoms with E-state index in [1.807, 2.05) is 12.1 Å². The Morgan fingerprint density at radius 2 is 1.67 bits per heavy atom. The molecule has 21 heavy (non-hydrogen) atoms. The molecule has 0 radical (unpaired) electrons. The van der Waals surface area contributed by atoms with Gasteiger partial charge in [-0.2, -0.15) is 0 Å². The Bertz CT molecular complexity index is 646. The molecule has 2 aromatic rings. The fourth-order valence-corrected chi connectivity index (χ4v) is 2.81. The predicted octanol–water partition coefficient (Wildman–Crippen LogP) is 2.97. The van der Waals surface area contributed by atoms with E-state index < -0.39 is 6.04 Å². The van der Waals surface area contributed by atoms with E-state index in [-0.39, 0.29) is 11.9 Å². The molecule has 0 unspecified atom stereocenters. The van der Waals surface area contributed by atoms with Gasteiger partial charge < -0.3 is 10.6 Å². The van der Waals surface area contributed by atoms with Crippen LogP contribution in [-0.4, -0.2) is 11.9 Å². The highest BCUT2D eigenvalue weighted by Crippen LogP contribution is 2.38. The number of rotatable bonds is 3. The number of anilines is 1. The molecule has 1 aliphatic rings. The SMILES string of the molecule is CCc1ccc(N2C(=O)[C@H](N)[C@@H]2c2ccc(C)cc2)cc1. The van der Waals surface area contributed by atoms with E-state index in [1.54, 1.807) is 4.90 Å². The molecule has 2 aromatic carbocycles. The molecule has 0 spiro atoms. The highest BCUT2D eigenvalue weighted by Gasteiger charge is 2.46. The van der Waals surface area contributed by atoms with Crippen LogP contribution in [0.5, 0.6) is 0 Å². The van der Waals surface area contributed by atoms with Gasteiger partial charge in [0.1, 0.15) is 6.04 Å². The Kier molecular flexibility index (Phi) is 3.52. The normalized spacial score (nSPS) is 21.3. The summed E-state index contributed by atoms with van der Waals surface area (Å²) in [6.45, 7) is 4.17. The molecule has 108 valence electrons. The highest BCUT2D eigenvalue weighted by molar-refractivity contribution is 6.05. The third-order valence-electron chi connectivity index (χ3n) is 4.18. The Balaban J connectivity index is 1.92. The predicted molar refractivity (Wildman–Crippen MR) is 85.2 cm³/mol. The second-order valence-corrected chi connectivity index (χ2v) is 5.61. The zero-order valence-electron chi connectivity index (χ0n) is 12.4. The number of carbonyl (C=O) groups is 1. The zero-order chi connectivity index (χ0) is 15.0. The first-order valence-corrected chi connectivity index (χ1v) is 7.36. The molecule has 0 saturated carbocycles. The summed E-state index contributed by atoms with van der Waals surface area (Å²) in [7, 11) is 0. The molecule has 1 amide bonds. The van der Waals surface area contributed by atoms with E-state index in [0.29, 0.717) is 0 Å². The van der Waals surface area contributed by atoms with Gasteiger partial charge in [0.05, 0.1) is 6.04 Å². The van der Waals surface area contributed by atoms with E-state index >= 15 is 0 Å². The van der Waals surface area contributed by atoms with Crippen LogP contribution in [0.15, 0.2) is 48.5 Å². The number of aryl methyl sites for hydroxylation is 2. The van der Waals surface area contributed by atoms with Crippen LogP contribution in [0, 0.1) is 6.92 Å². The molecule has 2 atom stereocenters. The summed E-state index contributed by atoms with van der Waals surface area (Å²) in [5, 5.41) is 0. The molecule has 2 N–H and O–H groups in total. The largest absolute Gasteiger partial charge is 0.318 e. The van der Waals surface area contributed by atoms with E-state index in [4.69, 9.17) is 5.73 Å². The summed E-state index contributed by atoms with van der Waals surface area (Å²) in [6, 6.07) is 15.9. The molecule has 1 heterocycles. The van der Waals surface area contributed by atoms with E-state index in [1.165, 1.54) is 11.1 Å². The summed E-state index contributed by atoms with van der Waals surface area (Å²) < 4.78 is 0. The molecule has 3 rings (SSSR count). The molecule has 0 bridgehead atoms. The number of hydrogen-bond acceptors (Lipinski definition) is 2. The van der Waals surface area contributed by atoms with Crippen molar-refractivity contribution in [1.29, 1.82) is 0 Å². The lowest BCUT2D eigenvalue weighted by Gasteiger charge is -2.45. The third-order valence-corrected chi connectivity index (χ3v) is 4.18. The maximum atomic E-state index is 12.2. The fourth-order valence-electron chi connectivity index (χ4n) is 2.81. The third kappa shape index (κ3) is 2.34. The lowest BCUT2D eigenvalue weighted by molar-refractivity contribution is -0.126. The van der Waals surface area contributed by atoms with E-state index in [9.17, 15) is 4.79 Å². The van der Waals surface area contributed by atoms with Crippen molar-refractivity contribution < 1.29 is 4.79 Å². The minimum atomic E-state index is -0.446. The summed E-state index contributed by atoms with van der Waals surface area (Å²) in [5.41, 5.74) is 10.5. The van der Waals surface area contributed by atoms with Crippen molar-refractivity contribution in [3.05, 3.63) is 65.2 Å². The molecule has 1 saturated heterocycles. The first-order chi connectivity index (χ1) is 10.1. The molecule has 3 nitrogen and oxygen atoms in total. The van der Waals surface area contributed by atoms with Crippen LogP contribution in [0.2, 0.25) is 0 Å². The number of hydrogen-bond donors (Lipinski definition) is 1. The summed E-state index contributed by atoms with van der Waals surface area (Å²) >= 11 is 0. The van der Waals surface area contributed by atoms with Crippen LogP contribution < -0.4 is 10.6 Å². The maximum Gasteiger partial charge on any atom is 0.247 e. The first-order valence-electron chi connectivity index (χ1n) is 7.36. The second kappa shape index (κ2) is 5.34. The van der Waals surface area contributed by atoms with Crippen molar-refractivity contribution in [2.45, 2.75) is 32.4 Å². The van der Waals surface area contributed by atoms with Gasteiger partial charge in [-0.3, -0.25) is 4.79 Å². The van der Waals surface area contributed by atoms with Gasteiger partial charge in [-0.05, 0) is 36.6 Å². The molecule has 1 aliphatic heterocycles.